The zero-order valence-corrected chi connectivity index (χ0v) is 17.0. The summed E-state index contributed by atoms with van der Waals surface area (Å²) in [7, 11) is 5.44. The summed E-state index contributed by atoms with van der Waals surface area (Å²) in [5.41, 5.74) is 4.47. The van der Waals surface area contributed by atoms with Crippen LogP contribution in [-0.4, -0.2) is 48.2 Å². The Bertz CT molecular complexity index is 923. The van der Waals surface area contributed by atoms with Crippen LogP contribution in [0.15, 0.2) is 30.3 Å². The highest BCUT2D eigenvalue weighted by Crippen LogP contribution is 2.54. The van der Waals surface area contributed by atoms with E-state index in [4.69, 9.17) is 4.84 Å². The molecule has 27 heavy (non-hydrogen) atoms. The average Bonchev–Trinajstić information content (AvgIpc) is 3.04. The molecule has 1 amide bonds. The maximum atomic E-state index is 13.3. The summed E-state index contributed by atoms with van der Waals surface area (Å²) in [5.74, 6) is -0.0981. The summed E-state index contributed by atoms with van der Waals surface area (Å²) in [6, 6.07) is 8.76. The van der Waals surface area contributed by atoms with Crippen LogP contribution in [0, 0.1) is 5.41 Å². The molecule has 5 heteroatoms. The number of aromatic nitrogens is 1. The fourth-order valence-corrected chi connectivity index (χ4v) is 5.13. The molecule has 0 bridgehead atoms. The van der Waals surface area contributed by atoms with Crippen LogP contribution in [0.4, 0.5) is 0 Å². The van der Waals surface area contributed by atoms with Gasteiger partial charge in [-0.3, -0.25) is 14.5 Å². The maximum Gasteiger partial charge on any atom is 0.293 e. The van der Waals surface area contributed by atoms with Crippen molar-refractivity contribution in [2.75, 3.05) is 27.7 Å². The Balaban J connectivity index is 2.08. The molecule has 0 saturated heterocycles. The molecule has 4 rings (SSSR count). The first-order chi connectivity index (χ1) is 13.0. The number of hydrogen-bond acceptors (Lipinski definition) is 3. The molecule has 1 aromatic carbocycles. The minimum absolute atomic E-state index is 0.0616. The van der Waals surface area contributed by atoms with Gasteiger partial charge in [-0.15, -0.1) is 0 Å². The van der Waals surface area contributed by atoms with Gasteiger partial charge in [0.25, 0.3) is 5.91 Å². The van der Waals surface area contributed by atoms with Gasteiger partial charge in [0.1, 0.15) is 5.70 Å². The molecule has 0 unspecified atom stereocenters. The van der Waals surface area contributed by atoms with E-state index in [-0.39, 0.29) is 17.4 Å². The van der Waals surface area contributed by atoms with Crippen molar-refractivity contribution >= 4 is 22.5 Å². The molecule has 2 aliphatic heterocycles. The summed E-state index contributed by atoms with van der Waals surface area (Å²) in [4.78, 5) is 21.0. The maximum absolute atomic E-state index is 13.3. The minimum Gasteiger partial charge on any atom is -0.307 e. The van der Waals surface area contributed by atoms with Gasteiger partial charge in [-0.25, -0.2) is 5.06 Å². The fraction of sp³-hybridized carbons (Fsp3) is 0.500. The summed E-state index contributed by atoms with van der Waals surface area (Å²) in [6.45, 7) is 5.52. The molecule has 3 heterocycles. The second kappa shape index (κ2) is 6.50. The molecular weight excluding hydrogens is 338 g/mol. The number of hydrogen-bond donors (Lipinski definition) is 0. The molecule has 5 nitrogen and oxygen atoms in total. The number of benzene rings is 1. The van der Waals surface area contributed by atoms with E-state index in [1.54, 1.807) is 7.05 Å². The van der Waals surface area contributed by atoms with E-state index in [2.05, 4.69) is 60.7 Å². The van der Waals surface area contributed by atoms with Gasteiger partial charge in [-0.2, -0.15) is 0 Å². The second-order valence-corrected chi connectivity index (χ2v) is 7.80. The summed E-state index contributed by atoms with van der Waals surface area (Å²) >= 11 is 0. The van der Waals surface area contributed by atoms with Gasteiger partial charge in [0.05, 0.1) is 18.7 Å². The normalized spacial score (nSPS) is 21.1. The molecule has 0 spiro atoms. The molecule has 0 fully saturated rings. The zero-order valence-electron chi connectivity index (χ0n) is 17.0. The molecule has 0 radical (unpaired) electrons. The first-order valence-electron chi connectivity index (χ1n) is 9.87. The third kappa shape index (κ3) is 2.41. The predicted octanol–water partition coefficient (Wildman–Crippen LogP) is 3.85. The van der Waals surface area contributed by atoms with Crippen LogP contribution in [0.5, 0.6) is 0 Å². The molecule has 1 aromatic heterocycles. The molecule has 2 aromatic rings. The Kier molecular flexibility index (Phi) is 4.40. The van der Waals surface area contributed by atoms with Gasteiger partial charge in [0.15, 0.2) is 0 Å². The van der Waals surface area contributed by atoms with Crippen LogP contribution in [0.2, 0.25) is 0 Å². The van der Waals surface area contributed by atoms with Crippen LogP contribution in [0.3, 0.4) is 0 Å². The number of fused-ring (bicyclic) bond motifs is 3. The van der Waals surface area contributed by atoms with E-state index < -0.39 is 0 Å². The smallest absolute Gasteiger partial charge is 0.293 e. The SMILES string of the molecule is CCC1(CC)C=C(C(=O)N(C)OC)n2c3c(c4ccccc42)CCN(C)[C@H]31. The van der Waals surface area contributed by atoms with E-state index in [1.165, 1.54) is 28.8 Å². The van der Waals surface area contributed by atoms with Gasteiger partial charge in [-0.05, 0) is 44.0 Å². The Hall–Kier alpha value is -2.11. The van der Waals surface area contributed by atoms with E-state index in [0.717, 1.165) is 31.3 Å². The molecule has 0 N–H and O–H groups in total. The van der Waals surface area contributed by atoms with Crippen molar-refractivity contribution in [1.29, 1.82) is 0 Å². The summed E-state index contributed by atoms with van der Waals surface area (Å²) in [6.07, 6.45) is 5.22. The van der Waals surface area contributed by atoms with Crippen LogP contribution in [0.1, 0.15) is 44.0 Å². The highest BCUT2D eigenvalue weighted by molar-refractivity contribution is 6.16. The third-order valence-corrected chi connectivity index (χ3v) is 6.74. The van der Waals surface area contributed by atoms with Crippen molar-refractivity contribution in [2.24, 2.45) is 5.41 Å². The van der Waals surface area contributed by atoms with Crippen molar-refractivity contribution < 1.29 is 9.63 Å². The fourth-order valence-electron chi connectivity index (χ4n) is 5.13. The van der Waals surface area contributed by atoms with Gasteiger partial charge < -0.3 is 4.57 Å². The van der Waals surface area contributed by atoms with Crippen LogP contribution in [0.25, 0.3) is 16.6 Å². The van der Waals surface area contributed by atoms with Crippen molar-refractivity contribution in [3.8, 4) is 0 Å². The summed E-state index contributed by atoms with van der Waals surface area (Å²) < 4.78 is 2.20. The monoisotopic (exact) mass is 367 g/mol. The highest BCUT2D eigenvalue weighted by Gasteiger charge is 2.47. The van der Waals surface area contributed by atoms with Crippen molar-refractivity contribution in [2.45, 2.75) is 39.2 Å². The number of nitrogens with zero attached hydrogens (tertiary/aromatic N) is 3. The van der Waals surface area contributed by atoms with E-state index in [1.807, 2.05) is 0 Å². The highest BCUT2D eigenvalue weighted by atomic mass is 16.7. The lowest BCUT2D eigenvalue weighted by Gasteiger charge is -2.48. The van der Waals surface area contributed by atoms with Crippen LogP contribution in [-0.2, 0) is 16.1 Å². The molecule has 0 aliphatic carbocycles. The molecular formula is C22H29N3O2. The van der Waals surface area contributed by atoms with Gasteiger partial charge >= 0.3 is 0 Å². The van der Waals surface area contributed by atoms with E-state index in [0.29, 0.717) is 5.70 Å². The number of hydroxylamine groups is 2. The topological polar surface area (TPSA) is 37.7 Å². The van der Waals surface area contributed by atoms with Gasteiger partial charge in [-0.1, -0.05) is 32.0 Å². The average molecular weight is 367 g/mol. The number of amides is 1. The first kappa shape index (κ1) is 18.3. The van der Waals surface area contributed by atoms with Crippen molar-refractivity contribution in [3.05, 3.63) is 41.6 Å². The standard InChI is InChI=1S/C22H29N3O2/c1-6-22(7-2)14-18(21(26)24(4)27-5)25-17-11-9-8-10-15(17)16-12-13-23(3)20(22)19(16)25/h8-11,14,20H,6-7,12-13H2,1-5H3/t20-/m1/s1. The largest absolute Gasteiger partial charge is 0.307 e. The third-order valence-electron chi connectivity index (χ3n) is 6.74. The molecule has 144 valence electrons. The number of carbonyl (C=O) groups is 1. The minimum atomic E-state index is -0.0981. The number of para-hydroxylation sites is 1. The Labute approximate surface area is 161 Å². The Morgan fingerprint density at radius 2 is 2.00 bits per heavy atom. The lowest BCUT2D eigenvalue weighted by molar-refractivity contribution is -0.162. The molecule has 0 saturated carbocycles. The van der Waals surface area contributed by atoms with Crippen molar-refractivity contribution in [1.82, 2.24) is 14.5 Å². The lowest BCUT2D eigenvalue weighted by atomic mass is 9.69. The quantitative estimate of drug-likeness (QED) is 0.771. The Morgan fingerprint density at radius 1 is 1.30 bits per heavy atom. The van der Waals surface area contributed by atoms with Gasteiger partial charge in [0, 0.05) is 30.1 Å². The zero-order chi connectivity index (χ0) is 19.3. The molecule has 2 aliphatic rings. The first-order valence-corrected chi connectivity index (χ1v) is 9.87. The second-order valence-electron chi connectivity index (χ2n) is 7.80. The van der Waals surface area contributed by atoms with E-state index >= 15 is 0 Å². The van der Waals surface area contributed by atoms with E-state index in [9.17, 15) is 4.79 Å². The Morgan fingerprint density at radius 3 is 2.67 bits per heavy atom. The predicted molar refractivity (Wildman–Crippen MR) is 108 cm³/mol. The van der Waals surface area contributed by atoms with Crippen LogP contribution < -0.4 is 0 Å². The number of likely N-dealkylation sites (N-methyl/N-ethyl adjacent to an activating group) is 2. The van der Waals surface area contributed by atoms with Crippen molar-refractivity contribution in [3.63, 3.8) is 0 Å². The lowest BCUT2D eigenvalue weighted by Crippen LogP contribution is -2.46. The summed E-state index contributed by atoms with van der Waals surface area (Å²) in [5, 5.41) is 2.60. The van der Waals surface area contributed by atoms with Crippen LogP contribution >= 0.6 is 0 Å². The molecule has 1 atom stereocenters. The number of rotatable bonds is 4. The van der Waals surface area contributed by atoms with Gasteiger partial charge in [0.2, 0.25) is 0 Å². The number of carbonyl (C=O) groups excluding carboxylic acids is 1.